The third-order valence-electron chi connectivity index (χ3n) is 8.09. The zero-order chi connectivity index (χ0) is 26.9. The number of Topliss-reactive ketones (excluding diaryl/α,β-unsaturated/α-hetero) is 1. The molecule has 0 bridgehead atoms. The molecule has 3 atom stereocenters. The number of rotatable bonds is 7. The second-order valence-corrected chi connectivity index (χ2v) is 11.5. The van der Waals surface area contributed by atoms with Gasteiger partial charge in [-0.25, -0.2) is 0 Å². The SMILES string of the molecule is CC(C)C[C@H](NC(=O)c1ccc(N(C)C)cc1)C(=O)N1CC[C@@H]2[C@H]1C(=O)CN2C(=O)C1(N)CCCCC1. The number of hydrogen-bond acceptors (Lipinski definition) is 6. The largest absolute Gasteiger partial charge is 0.378 e. The molecule has 37 heavy (non-hydrogen) atoms. The minimum absolute atomic E-state index is 0.00364. The van der Waals surface area contributed by atoms with Crippen LogP contribution in [0.5, 0.6) is 0 Å². The summed E-state index contributed by atoms with van der Waals surface area (Å²) in [5, 5.41) is 2.92. The molecular weight excluding hydrogens is 470 g/mol. The Morgan fingerprint density at radius 2 is 1.73 bits per heavy atom. The van der Waals surface area contributed by atoms with Crippen LogP contribution >= 0.6 is 0 Å². The van der Waals surface area contributed by atoms with Gasteiger partial charge < -0.3 is 25.8 Å². The van der Waals surface area contributed by atoms with Crippen molar-refractivity contribution in [1.29, 1.82) is 0 Å². The lowest BCUT2D eigenvalue weighted by molar-refractivity contribution is -0.140. The van der Waals surface area contributed by atoms with E-state index in [2.05, 4.69) is 5.32 Å². The molecule has 4 rings (SSSR count). The molecule has 9 heteroatoms. The van der Waals surface area contributed by atoms with Gasteiger partial charge in [0, 0.05) is 31.9 Å². The van der Waals surface area contributed by atoms with Gasteiger partial charge in [-0.05, 0) is 55.9 Å². The number of amides is 3. The Morgan fingerprint density at radius 1 is 1.08 bits per heavy atom. The molecule has 1 aliphatic carbocycles. The summed E-state index contributed by atoms with van der Waals surface area (Å²) in [5.74, 6) is -0.711. The number of benzene rings is 1. The van der Waals surface area contributed by atoms with Crippen LogP contribution in [0.25, 0.3) is 0 Å². The van der Waals surface area contributed by atoms with Gasteiger partial charge in [-0.15, -0.1) is 0 Å². The van der Waals surface area contributed by atoms with Crippen molar-refractivity contribution in [3.8, 4) is 0 Å². The molecule has 3 aliphatic rings. The number of likely N-dealkylation sites (tertiary alicyclic amines) is 2. The quantitative estimate of drug-likeness (QED) is 0.578. The van der Waals surface area contributed by atoms with Crippen molar-refractivity contribution >= 4 is 29.2 Å². The lowest BCUT2D eigenvalue weighted by atomic mass is 9.81. The highest BCUT2D eigenvalue weighted by Crippen LogP contribution is 2.35. The van der Waals surface area contributed by atoms with Crippen LogP contribution in [-0.4, -0.2) is 84.2 Å². The van der Waals surface area contributed by atoms with Crippen LogP contribution in [0, 0.1) is 5.92 Å². The van der Waals surface area contributed by atoms with E-state index in [4.69, 9.17) is 5.73 Å². The second kappa shape index (κ2) is 10.8. The molecule has 2 aliphatic heterocycles. The number of nitrogens with two attached hydrogens (primary N) is 1. The number of nitrogens with zero attached hydrogens (tertiary/aromatic N) is 3. The van der Waals surface area contributed by atoms with E-state index in [-0.39, 0.29) is 42.0 Å². The van der Waals surface area contributed by atoms with E-state index < -0.39 is 17.6 Å². The molecule has 2 saturated heterocycles. The summed E-state index contributed by atoms with van der Waals surface area (Å²) in [7, 11) is 3.86. The monoisotopic (exact) mass is 511 g/mol. The molecule has 1 saturated carbocycles. The van der Waals surface area contributed by atoms with Gasteiger partial charge >= 0.3 is 0 Å². The molecule has 1 aromatic rings. The third kappa shape index (κ3) is 5.51. The maximum atomic E-state index is 13.7. The van der Waals surface area contributed by atoms with E-state index in [0.29, 0.717) is 37.8 Å². The lowest BCUT2D eigenvalue weighted by Crippen LogP contribution is -2.58. The lowest BCUT2D eigenvalue weighted by Gasteiger charge is -2.37. The molecule has 1 aromatic carbocycles. The van der Waals surface area contributed by atoms with Crippen LogP contribution in [0.1, 0.15) is 69.2 Å². The predicted molar refractivity (Wildman–Crippen MR) is 142 cm³/mol. The Bertz CT molecular complexity index is 1030. The number of ketones is 1. The number of carbonyl (C=O) groups is 4. The molecule has 3 fully saturated rings. The summed E-state index contributed by atoms with van der Waals surface area (Å²) in [5.41, 5.74) is 7.04. The first kappa shape index (κ1) is 27.1. The molecule has 202 valence electrons. The van der Waals surface area contributed by atoms with Crippen molar-refractivity contribution in [3.63, 3.8) is 0 Å². The second-order valence-electron chi connectivity index (χ2n) is 11.5. The van der Waals surface area contributed by atoms with Crippen molar-refractivity contribution in [1.82, 2.24) is 15.1 Å². The van der Waals surface area contributed by atoms with E-state index in [9.17, 15) is 19.2 Å². The number of hydrogen-bond donors (Lipinski definition) is 2. The van der Waals surface area contributed by atoms with Crippen LogP contribution in [0.2, 0.25) is 0 Å². The minimum Gasteiger partial charge on any atom is -0.378 e. The van der Waals surface area contributed by atoms with Gasteiger partial charge in [-0.1, -0.05) is 33.1 Å². The zero-order valence-corrected chi connectivity index (χ0v) is 22.5. The Labute approximate surface area is 219 Å². The van der Waals surface area contributed by atoms with Gasteiger partial charge in [-0.2, -0.15) is 0 Å². The number of carbonyl (C=O) groups excluding carboxylic acids is 4. The molecule has 0 unspecified atom stereocenters. The Balaban J connectivity index is 1.48. The summed E-state index contributed by atoms with van der Waals surface area (Å²) < 4.78 is 0. The van der Waals surface area contributed by atoms with Crippen molar-refractivity contribution in [2.24, 2.45) is 11.7 Å². The van der Waals surface area contributed by atoms with E-state index >= 15 is 0 Å². The fourth-order valence-corrected chi connectivity index (χ4v) is 6.07. The molecule has 0 radical (unpaired) electrons. The van der Waals surface area contributed by atoms with Gasteiger partial charge in [0.05, 0.1) is 18.1 Å². The average Bonchev–Trinajstić information content (AvgIpc) is 3.44. The maximum Gasteiger partial charge on any atom is 0.251 e. The highest BCUT2D eigenvalue weighted by atomic mass is 16.2. The molecule has 9 nitrogen and oxygen atoms in total. The smallest absolute Gasteiger partial charge is 0.251 e. The van der Waals surface area contributed by atoms with Crippen molar-refractivity contribution in [2.45, 2.75) is 82.5 Å². The molecule has 0 spiro atoms. The first-order valence-corrected chi connectivity index (χ1v) is 13.5. The van der Waals surface area contributed by atoms with E-state index in [1.165, 1.54) is 0 Å². The van der Waals surface area contributed by atoms with Gasteiger partial charge in [0.15, 0.2) is 5.78 Å². The molecule has 3 N–H and O–H groups in total. The summed E-state index contributed by atoms with van der Waals surface area (Å²) in [4.78, 5) is 58.5. The third-order valence-corrected chi connectivity index (χ3v) is 8.09. The Morgan fingerprint density at radius 3 is 2.32 bits per heavy atom. The molecule has 3 amide bonds. The van der Waals surface area contributed by atoms with Crippen molar-refractivity contribution in [3.05, 3.63) is 29.8 Å². The van der Waals surface area contributed by atoms with E-state index in [1.807, 2.05) is 45.0 Å². The van der Waals surface area contributed by atoms with Gasteiger partial charge in [0.25, 0.3) is 5.91 Å². The average molecular weight is 512 g/mol. The van der Waals surface area contributed by atoms with Gasteiger partial charge in [0.1, 0.15) is 12.1 Å². The highest BCUT2D eigenvalue weighted by molar-refractivity contribution is 6.01. The van der Waals surface area contributed by atoms with E-state index in [0.717, 1.165) is 24.9 Å². The fourth-order valence-electron chi connectivity index (χ4n) is 6.07. The van der Waals surface area contributed by atoms with Crippen LogP contribution in [-0.2, 0) is 14.4 Å². The molecule has 0 aromatic heterocycles. The highest BCUT2D eigenvalue weighted by Gasteiger charge is 2.54. The summed E-state index contributed by atoms with van der Waals surface area (Å²) >= 11 is 0. The maximum absolute atomic E-state index is 13.7. The van der Waals surface area contributed by atoms with Crippen molar-refractivity contribution < 1.29 is 19.2 Å². The summed E-state index contributed by atoms with van der Waals surface area (Å²) in [6, 6.07) is 5.43. The standard InChI is InChI=1S/C28H41N5O4/c1-18(2)16-21(30-25(35)19-8-10-20(11-9-19)31(3)4)26(36)32-15-12-22-24(32)23(34)17-33(22)27(37)28(29)13-6-5-7-14-28/h8-11,18,21-22,24H,5-7,12-17,29H2,1-4H3,(H,30,35)/t21-,22+,24-/m0/s1. The number of anilines is 1. The predicted octanol–water partition coefficient (Wildman–Crippen LogP) is 1.94. The van der Waals surface area contributed by atoms with Gasteiger partial charge in [0.2, 0.25) is 11.8 Å². The number of fused-ring (bicyclic) bond motifs is 1. The molecule has 2 heterocycles. The van der Waals surface area contributed by atoms with Crippen LogP contribution in [0.4, 0.5) is 5.69 Å². The molecular formula is C28H41N5O4. The normalized spacial score (nSPS) is 23.7. The summed E-state index contributed by atoms with van der Waals surface area (Å²) in [6.07, 6.45) is 5.16. The zero-order valence-electron chi connectivity index (χ0n) is 22.5. The minimum atomic E-state index is -0.916. The number of nitrogens with one attached hydrogen (secondary N) is 1. The van der Waals surface area contributed by atoms with Crippen LogP contribution in [0.15, 0.2) is 24.3 Å². The first-order valence-electron chi connectivity index (χ1n) is 13.5. The Hall–Kier alpha value is -2.94. The van der Waals surface area contributed by atoms with E-state index in [1.54, 1.807) is 21.9 Å². The topological polar surface area (TPSA) is 116 Å². The Kier molecular flexibility index (Phi) is 7.92. The first-order chi connectivity index (χ1) is 17.5. The van der Waals surface area contributed by atoms with Gasteiger partial charge in [-0.3, -0.25) is 19.2 Å². The van der Waals surface area contributed by atoms with Crippen LogP contribution < -0.4 is 16.0 Å². The fraction of sp³-hybridized carbons (Fsp3) is 0.643. The van der Waals surface area contributed by atoms with Crippen LogP contribution in [0.3, 0.4) is 0 Å². The summed E-state index contributed by atoms with van der Waals surface area (Å²) in [6.45, 7) is 4.37. The van der Waals surface area contributed by atoms with Crippen molar-refractivity contribution in [2.75, 3.05) is 32.1 Å².